The van der Waals surface area contributed by atoms with E-state index in [1.54, 1.807) is 0 Å². The molecule has 2 radical (unpaired) electrons. The minimum atomic E-state index is -2.52. The Morgan fingerprint density at radius 1 is 0.681 bits per heavy atom. The molecule has 1 aromatic heterocycles. The molecular formula is C37H23B5FIN2P-. The number of halogens is 2. The number of para-hydroxylation sites is 1. The quantitative estimate of drug-likeness (QED) is 0.115. The summed E-state index contributed by atoms with van der Waals surface area (Å²) in [6.07, 6.45) is -0.829. The van der Waals surface area contributed by atoms with Crippen LogP contribution < -0.4 is 21.7 Å². The van der Waals surface area contributed by atoms with Gasteiger partial charge in [0.25, 0.3) is 0 Å². The molecule has 10 heteroatoms. The van der Waals surface area contributed by atoms with Crippen molar-refractivity contribution in [1.29, 1.82) is 0 Å². The molecule has 2 bridgehead atoms. The van der Waals surface area contributed by atoms with Crippen molar-refractivity contribution in [2.45, 2.75) is 5.41 Å². The van der Waals surface area contributed by atoms with E-state index < -0.39 is 33.4 Å². The summed E-state index contributed by atoms with van der Waals surface area (Å²) in [7, 11) is 2.47. The first-order valence-electron chi connectivity index (χ1n) is 16.5. The third-order valence-corrected chi connectivity index (χ3v) is 22.7. The molecule has 6 aliphatic heterocycles. The molecule has 0 spiro atoms. The average molecular weight is 727 g/mol. The molecule has 6 aromatic carbocycles. The molecule has 0 unspecified atom stereocenters. The van der Waals surface area contributed by atoms with E-state index in [2.05, 4.69) is 151 Å². The predicted molar refractivity (Wildman–Crippen MR) is 211 cm³/mol. The summed E-state index contributed by atoms with van der Waals surface area (Å²) in [6.45, 7) is 0.0845. The van der Waals surface area contributed by atoms with Crippen molar-refractivity contribution in [2.75, 3.05) is 0 Å². The van der Waals surface area contributed by atoms with Crippen LogP contribution >= 0.6 is 28.0 Å². The molecule has 2 nitrogen and oxygen atoms in total. The zero-order chi connectivity index (χ0) is 30.7. The normalized spacial score (nSPS) is 20.1. The molecule has 4 saturated heterocycles. The van der Waals surface area contributed by atoms with Crippen molar-refractivity contribution in [2.24, 2.45) is 2.92 Å². The van der Waals surface area contributed by atoms with Crippen molar-refractivity contribution >= 4 is 104 Å². The van der Waals surface area contributed by atoms with Crippen LogP contribution in [0.3, 0.4) is 0 Å². The van der Waals surface area contributed by atoms with E-state index >= 15 is 0 Å². The van der Waals surface area contributed by atoms with Crippen molar-refractivity contribution < 1.29 is 2.86 Å². The van der Waals surface area contributed by atoms with Gasteiger partial charge in [-0.3, -0.25) is 0 Å². The van der Waals surface area contributed by atoms with Gasteiger partial charge in [-0.05, 0) is 0 Å². The first kappa shape index (κ1) is 26.3. The van der Waals surface area contributed by atoms with Gasteiger partial charge >= 0.3 is 287 Å². The third-order valence-electron chi connectivity index (χ3n) is 12.8. The second-order valence-electron chi connectivity index (χ2n) is 14.1. The van der Waals surface area contributed by atoms with E-state index in [1.807, 2.05) is 0 Å². The zero-order valence-corrected chi connectivity index (χ0v) is 28.3. The van der Waals surface area contributed by atoms with E-state index in [0.29, 0.717) is 18.6 Å². The molecule has 0 aliphatic carbocycles. The van der Waals surface area contributed by atoms with Crippen molar-refractivity contribution in [3.05, 3.63) is 162 Å². The number of benzene rings is 6. The summed E-state index contributed by atoms with van der Waals surface area (Å²) < 4.78 is 22.0. The average Bonchev–Trinajstić information content (AvgIpc) is 3.71. The molecular weight excluding hydrogens is 703 g/mol. The first-order valence-corrected chi connectivity index (χ1v) is 20.7. The van der Waals surface area contributed by atoms with Gasteiger partial charge in [0.2, 0.25) is 0 Å². The van der Waals surface area contributed by atoms with Gasteiger partial charge in [0.15, 0.2) is 0 Å². The molecule has 0 N–H and O–H groups in total. The van der Waals surface area contributed by atoms with Gasteiger partial charge in [-0.25, -0.2) is 0 Å². The van der Waals surface area contributed by atoms with Crippen LogP contribution in [0.5, 0.6) is 0 Å². The van der Waals surface area contributed by atoms with Gasteiger partial charge in [0.05, 0.1) is 0 Å². The van der Waals surface area contributed by atoms with Gasteiger partial charge in [-0.2, -0.15) is 0 Å². The molecule has 216 valence electrons. The SMILES string of the molecule is FI=NP12(c3ccc4c5c3c3ccccc3n5-c3cccc5c3B4c3ccccc3C5(c3ccccc3)c3ccccc3)B3[B-]B1B32. The monoisotopic (exact) mass is 727 g/mol. The van der Waals surface area contributed by atoms with Crippen molar-refractivity contribution in [1.82, 2.24) is 4.57 Å². The number of hydrogen-bond donors (Lipinski definition) is 0. The standard InChI is InChI=1S/C37H23B5FIN2P/c43-44-45-47(40-38-41(47)42(40)47)33-23-22-30-36-34(33)26-16-7-10-20-31(26)46(36)32-21-11-18-28-35(32)39(30)29-19-9-8-17-27(29)37(28,24-12-3-1-4-13-24)25-14-5-2-6-15-25/h1-23H/q-1. The summed E-state index contributed by atoms with van der Waals surface area (Å²) in [4.78, 5) is 0. The fourth-order valence-corrected chi connectivity index (χ4v) is 22.6. The van der Waals surface area contributed by atoms with Crippen LogP contribution in [0, 0.1) is 0 Å². The summed E-state index contributed by atoms with van der Waals surface area (Å²) in [6, 6.07) is 52.1. The zero-order valence-electron chi connectivity index (χ0n) is 25.3. The number of hydrogen-bond acceptors (Lipinski definition) is 1. The Labute approximate surface area is 285 Å². The fourth-order valence-electron chi connectivity index (χ4n) is 10.9. The summed E-state index contributed by atoms with van der Waals surface area (Å²) in [5.41, 5.74) is 12.7. The van der Waals surface area contributed by atoms with E-state index in [4.69, 9.17) is 2.92 Å². The van der Waals surface area contributed by atoms with Crippen molar-refractivity contribution in [3.8, 4) is 5.69 Å². The van der Waals surface area contributed by atoms with Crippen LogP contribution in [0.1, 0.15) is 22.3 Å². The summed E-state index contributed by atoms with van der Waals surface area (Å²) >= 11 is -1.63. The van der Waals surface area contributed by atoms with E-state index in [0.717, 1.165) is 0 Å². The van der Waals surface area contributed by atoms with Crippen LogP contribution in [0.25, 0.3) is 27.5 Å². The van der Waals surface area contributed by atoms with Crippen LogP contribution in [0.4, 0.5) is 2.86 Å². The fraction of sp³-hybridized carbons (Fsp3) is 0.0270. The Morgan fingerprint density at radius 3 is 2.04 bits per heavy atom. The molecule has 4 fully saturated rings. The maximum absolute atomic E-state index is 14.4. The van der Waals surface area contributed by atoms with Gasteiger partial charge in [-0.15, -0.1) is 0 Å². The van der Waals surface area contributed by atoms with Gasteiger partial charge in [0, 0.05) is 0 Å². The third kappa shape index (κ3) is 2.61. The molecule has 0 amide bonds. The van der Waals surface area contributed by atoms with E-state index in [1.165, 1.54) is 71.4 Å². The molecule has 47 heavy (non-hydrogen) atoms. The Balaban J connectivity index is 1.27. The second kappa shape index (κ2) is 8.48. The van der Waals surface area contributed by atoms with Crippen LogP contribution in [-0.2, 0) is 5.41 Å². The van der Waals surface area contributed by atoms with E-state index in [9.17, 15) is 2.86 Å². The number of aromatic nitrogens is 1. The maximum atomic E-state index is 14.4. The van der Waals surface area contributed by atoms with E-state index in [-0.39, 0.29) is 6.71 Å². The Morgan fingerprint density at radius 2 is 1.34 bits per heavy atom. The Kier molecular flexibility index (Phi) is 4.75. The Hall–Kier alpha value is -3.67. The minimum absolute atomic E-state index is 0.0845. The topological polar surface area (TPSA) is 17.3 Å². The van der Waals surface area contributed by atoms with Gasteiger partial charge in [0.1, 0.15) is 0 Å². The first-order chi connectivity index (χ1) is 23.3. The predicted octanol–water partition coefficient (Wildman–Crippen LogP) is 6.31. The van der Waals surface area contributed by atoms with Crippen molar-refractivity contribution in [3.63, 3.8) is 0 Å². The van der Waals surface area contributed by atoms with Crippen LogP contribution in [0.2, 0.25) is 0 Å². The molecule has 13 rings (SSSR count). The number of rotatable bonds is 4. The van der Waals surface area contributed by atoms with Crippen LogP contribution in [-0.4, -0.2) is 37.0 Å². The molecule has 7 heterocycles. The number of nitrogens with zero attached hydrogens (tertiary/aromatic N) is 2. The van der Waals surface area contributed by atoms with Gasteiger partial charge in [-0.1, -0.05) is 0 Å². The molecule has 7 aromatic rings. The van der Waals surface area contributed by atoms with Crippen LogP contribution in [0.15, 0.2) is 142 Å². The second-order valence-corrected chi connectivity index (χ2v) is 20.7. The Bertz CT molecular complexity index is 2530. The van der Waals surface area contributed by atoms with Gasteiger partial charge < -0.3 is 0 Å². The molecule has 6 aliphatic rings. The number of fused-ring (bicyclic) bond motifs is 7. The summed E-state index contributed by atoms with van der Waals surface area (Å²) in [5.74, 6) is 0. The molecule has 0 atom stereocenters. The summed E-state index contributed by atoms with van der Waals surface area (Å²) in [5, 5.41) is 4.03. The molecule has 0 saturated carbocycles.